The van der Waals surface area contributed by atoms with Crippen LogP contribution in [0.3, 0.4) is 0 Å². The van der Waals surface area contributed by atoms with E-state index in [0.29, 0.717) is 5.69 Å². The van der Waals surface area contributed by atoms with E-state index >= 15 is 0 Å². The minimum atomic E-state index is -3.82. The Balaban J connectivity index is 2.45. The van der Waals surface area contributed by atoms with Crippen molar-refractivity contribution in [2.45, 2.75) is 24.7 Å². The Bertz CT molecular complexity index is 828. The zero-order valence-electron chi connectivity index (χ0n) is 13.2. The lowest BCUT2D eigenvalue weighted by Crippen LogP contribution is -2.26. The molecule has 0 aliphatic carbocycles. The van der Waals surface area contributed by atoms with Crippen molar-refractivity contribution in [2.24, 2.45) is 0 Å². The van der Waals surface area contributed by atoms with Gasteiger partial charge in [-0.05, 0) is 41.8 Å². The highest BCUT2D eigenvalue weighted by atomic mass is 32.2. The number of carbonyl (C=O) groups is 1. The van der Waals surface area contributed by atoms with Gasteiger partial charge in [-0.3, -0.25) is 4.31 Å². The van der Waals surface area contributed by atoms with Gasteiger partial charge in [-0.15, -0.1) is 0 Å². The van der Waals surface area contributed by atoms with Gasteiger partial charge in [0.2, 0.25) is 0 Å². The third kappa shape index (κ3) is 3.53. The molecule has 0 aliphatic rings. The van der Waals surface area contributed by atoms with Crippen LogP contribution in [0.2, 0.25) is 0 Å². The lowest BCUT2D eigenvalue weighted by atomic mass is 10.0. The third-order valence-corrected chi connectivity index (χ3v) is 5.42. The summed E-state index contributed by atoms with van der Waals surface area (Å²) in [6, 6.07) is 12.6. The van der Waals surface area contributed by atoms with Crippen LogP contribution in [0.25, 0.3) is 0 Å². The van der Waals surface area contributed by atoms with Crippen molar-refractivity contribution in [3.05, 3.63) is 59.7 Å². The Kier molecular flexibility index (Phi) is 4.75. The van der Waals surface area contributed by atoms with Crippen molar-refractivity contribution in [1.29, 1.82) is 0 Å². The van der Waals surface area contributed by atoms with E-state index in [4.69, 9.17) is 5.11 Å². The summed E-state index contributed by atoms with van der Waals surface area (Å²) in [4.78, 5) is 11.0. The molecule has 0 unspecified atom stereocenters. The van der Waals surface area contributed by atoms with Gasteiger partial charge in [0.25, 0.3) is 10.0 Å². The number of rotatable bonds is 5. The number of sulfonamides is 1. The highest BCUT2D eigenvalue weighted by molar-refractivity contribution is 7.92. The molecule has 6 heteroatoms. The molecule has 0 bridgehead atoms. The molecule has 122 valence electrons. The lowest BCUT2D eigenvalue weighted by molar-refractivity contribution is 0.0696. The van der Waals surface area contributed by atoms with Crippen molar-refractivity contribution in [3.63, 3.8) is 0 Å². The van der Waals surface area contributed by atoms with Gasteiger partial charge in [-0.2, -0.15) is 0 Å². The molecule has 0 atom stereocenters. The summed E-state index contributed by atoms with van der Waals surface area (Å²) in [7, 11) is -2.36. The highest BCUT2D eigenvalue weighted by Crippen LogP contribution is 2.26. The summed E-state index contributed by atoms with van der Waals surface area (Å²) in [5.74, 6) is -0.882. The van der Waals surface area contributed by atoms with Crippen molar-refractivity contribution in [1.82, 2.24) is 0 Å². The molecule has 2 rings (SSSR count). The summed E-state index contributed by atoms with van der Waals surface area (Å²) in [5.41, 5.74) is 1.51. The standard InChI is InChI=1S/C17H19NO4S/c1-12(2)13-6-4-8-15(10-13)18(3)23(21,22)16-9-5-7-14(11-16)17(19)20/h4-12H,1-3H3,(H,19,20). The number of carboxylic acids is 1. The average Bonchev–Trinajstić information content (AvgIpc) is 2.54. The van der Waals surface area contributed by atoms with E-state index in [1.54, 1.807) is 6.07 Å². The molecule has 0 saturated carbocycles. The molecule has 0 amide bonds. The second kappa shape index (κ2) is 6.42. The van der Waals surface area contributed by atoms with Gasteiger partial charge in [-0.1, -0.05) is 32.0 Å². The van der Waals surface area contributed by atoms with Gasteiger partial charge in [-0.25, -0.2) is 13.2 Å². The summed E-state index contributed by atoms with van der Waals surface area (Å²) in [6.45, 7) is 4.06. The minimum Gasteiger partial charge on any atom is -0.478 e. The van der Waals surface area contributed by atoms with Gasteiger partial charge in [0, 0.05) is 7.05 Å². The summed E-state index contributed by atoms with van der Waals surface area (Å²) >= 11 is 0. The molecule has 5 nitrogen and oxygen atoms in total. The topological polar surface area (TPSA) is 74.7 Å². The van der Waals surface area contributed by atoms with E-state index in [9.17, 15) is 13.2 Å². The molecule has 0 radical (unpaired) electrons. The number of hydrogen-bond acceptors (Lipinski definition) is 3. The van der Waals surface area contributed by atoms with Crippen LogP contribution in [0.5, 0.6) is 0 Å². The Morgan fingerprint density at radius 2 is 1.74 bits per heavy atom. The van der Waals surface area contributed by atoms with Crippen molar-refractivity contribution in [2.75, 3.05) is 11.4 Å². The van der Waals surface area contributed by atoms with Crippen LogP contribution in [0.15, 0.2) is 53.4 Å². The smallest absolute Gasteiger partial charge is 0.335 e. The number of hydrogen-bond donors (Lipinski definition) is 1. The third-order valence-electron chi connectivity index (χ3n) is 3.64. The van der Waals surface area contributed by atoms with Crippen LogP contribution < -0.4 is 4.31 Å². The van der Waals surface area contributed by atoms with E-state index in [0.717, 1.165) is 5.56 Å². The zero-order chi connectivity index (χ0) is 17.2. The molecular formula is C17H19NO4S. The van der Waals surface area contributed by atoms with Gasteiger partial charge in [0.05, 0.1) is 16.1 Å². The predicted molar refractivity (Wildman–Crippen MR) is 89.5 cm³/mol. The molecular weight excluding hydrogens is 314 g/mol. The first-order chi connectivity index (χ1) is 10.7. The van der Waals surface area contributed by atoms with Gasteiger partial charge < -0.3 is 5.11 Å². The number of nitrogens with zero attached hydrogens (tertiary/aromatic N) is 1. The molecule has 23 heavy (non-hydrogen) atoms. The second-order valence-corrected chi connectivity index (χ2v) is 7.52. The highest BCUT2D eigenvalue weighted by Gasteiger charge is 2.22. The quantitative estimate of drug-likeness (QED) is 0.910. The second-order valence-electron chi connectivity index (χ2n) is 5.56. The Morgan fingerprint density at radius 1 is 1.09 bits per heavy atom. The van der Waals surface area contributed by atoms with Crippen LogP contribution in [0, 0.1) is 0 Å². The SMILES string of the molecule is CC(C)c1cccc(N(C)S(=O)(=O)c2cccc(C(=O)O)c2)c1. The zero-order valence-corrected chi connectivity index (χ0v) is 14.0. The Labute approximate surface area is 136 Å². The van der Waals surface area contributed by atoms with Crippen LogP contribution in [0.4, 0.5) is 5.69 Å². The Hall–Kier alpha value is -2.34. The first-order valence-electron chi connectivity index (χ1n) is 7.15. The fraction of sp³-hybridized carbons (Fsp3) is 0.235. The molecule has 0 fully saturated rings. The number of anilines is 1. The monoisotopic (exact) mass is 333 g/mol. The van der Waals surface area contributed by atoms with E-state index < -0.39 is 16.0 Å². The van der Waals surface area contributed by atoms with Gasteiger partial charge in [0.15, 0.2) is 0 Å². The van der Waals surface area contributed by atoms with Crippen LogP contribution in [-0.4, -0.2) is 26.5 Å². The minimum absolute atomic E-state index is 0.0464. The summed E-state index contributed by atoms with van der Waals surface area (Å²) in [6.07, 6.45) is 0. The van der Waals surface area contributed by atoms with Gasteiger partial charge >= 0.3 is 5.97 Å². The first kappa shape index (κ1) is 17.0. The number of aromatic carboxylic acids is 1. The first-order valence-corrected chi connectivity index (χ1v) is 8.59. The predicted octanol–water partition coefficient (Wildman–Crippen LogP) is 3.33. The molecule has 0 heterocycles. The maximum Gasteiger partial charge on any atom is 0.335 e. The average molecular weight is 333 g/mol. The Morgan fingerprint density at radius 3 is 2.35 bits per heavy atom. The fourth-order valence-electron chi connectivity index (χ4n) is 2.17. The van der Waals surface area contributed by atoms with E-state index in [1.165, 1.54) is 35.6 Å². The van der Waals surface area contributed by atoms with Crippen LogP contribution in [-0.2, 0) is 10.0 Å². The normalized spacial score (nSPS) is 11.5. The fourth-order valence-corrected chi connectivity index (χ4v) is 3.40. The molecule has 1 N–H and O–H groups in total. The van der Waals surface area contributed by atoms with Crippen molar-refractivity contribution < 1.29 is 18.3 Å². The van der Waals surface area contributed by atoms with E-state index in [-0.39, 0.29) is 16.4 Å². The molecule has 0 aliphatic heterocycles. The lowest BCUT2D eigenvalue weighted by Gasteiger charge is -2.21. The molecule has 0 spiro atoms. The molecule has 2 aromatic rings. The molecule has 0 saturated heterocycles. The summed E-state index contributed by atoms with van der Waals surface area (Å²) in [5, 5.41) is 9.02. The maximum atomic E-state index is 12.7. The number of benzene rings is 2. The van der Waals surface area contributed by atoms with E-state index in [1.807, 2.05) is 32.0 Å². The maximum absolute atomic E-state index is 12.7. The largest absolute Gasteiger partial charge is 0.478 e. The molecule has 2 aromatic carbocycles. The van der Waals surface area contributed by atoms with Crippen LogP contribution >= 0.6 is 0 Å². The van der Waals surface area contributed by atoms with E-state index in [2.05, 4.69) is 0 Å². The summed E-state index contributed by atoms with van der Waals surface area (Å²) < 4.78 is 26.6. The number of carboxylic acid groups (broad SMARTS) is 1. The molecule has 0 aromatic heterocycles. The van der Waals surface area contributed by atoms with Crippen molar-refractivity contribution in [3.8, 4) is 0 Å². The van der Waals surface area contributed by atoms with Gasteiger partial charge in [0.1, 0.15) is 0 Å². The van der Waals surface area contributed by atoms with Crippen LogP contribution in [0.1, 0.15) is 35.7 Å². The van der Waals surface area contributed by atoms with Crippen molar-refractivity contribution >= 4 is 21.7 Å².